The number of rotatable bonds is 5. The second kappa shape index (κ2) is 8.31. The van der Waals surface area contributed by atoms with Crippen LogP contribution in [0.5, 0.6) is 0 Å². The number of hydrogen-bond donors (Lipinski definition) is 1. The zero-order chi connectivity index (χ0) is 20.1. The van der Waals surface area contributed by atoms with E-state index in [1.807, 2.05) is 42.5 Å². The Kier molecular flexibility index (Phi) is 5.85. The third-order valence-corrected chi connectivity index (χ3v) is 4.36. The Morgan fingerprint density at radius 2 is 1.54 bits per heavy atom. The molecule has 0 heterocycles. The molecule has 0 radical (unpaired) electrons. The fourth-order valence-electron chi connectivity index (χ4n) is 2.60. The minimum atomic E-state index is -4.55. The quantitative estimate of drug-likeness (QED) is 0.375. The Balaban J connectivity index is 1.67. The fraction of sp³-hybridized carbons (Fsp3) is 0.0455. The van der Waals surface area contributed by atoms with Crippen molar-refractivity contribution < 1.29 is 18.0 Å². The number of ketones is 1. The van der Waals surface area contributed by atoms with Crippen LogP contribution in [0.25, 0.3) is 11.1 Å². The summed E-state index contributed by atoms with van der Waals surface area (Å²) < 4.78 is 38.6. The van der Waals surface area contributed by atoms with E-state index in [-0.39, 0.29) is 16.5 Å². The number of allylic oxidation sites excluding steroid dienone is 1. The van der Waals surface area contributed by atoms with Crippen molar-refractivity contribution in [2.75, 3.05) is 5.32 Å². The van der Waals surface area contributed by atoms with Crippen molar-refractivity contribution in [3.8, 4) is 11.1 Å². The molecule has 0 unspecified atom stereocenters. The van der Waals surface area contributed by atoms with E-state index in [1.165, 1.54) is 18.3 Å². The van der Waals surface area contributed by atoms with E-state index in [0.717, 1.165) is 23.3 Å². The Morgan fingerprint density at radius 1 is 0.893 bits per heavy atom. The van der Waals surface area contributed by atoms with E-state index in [2.05, 4.69) is 5.32 Å². The number of carbonyl (C=O) groups excluding carboxylic acids is 1. The highest BCUT2D eigenvalue weighted by Gasteiger charge is 2.33. The van der Waals surface area contributed by atoms with Crippen LogP contribution in [0.15, 0.2) is 85.1 Å². The van der Waals surface area contributed by atoms with Crippen molar-refractivity contribution in [3.63, 3.8) is 0 Å². The molecule has 0 aliphatic rings. The average molecular weight is 402 g/mol. The van der Waals surface area contributed by atoms with Crippen molar-refractivity contribution in [1.29, 1.82) is 0 Å². The zero-order valence-electron chi connectivity index (χ0n) is 14.5. The first kappa shape index (κ1) is 19.7. The molecule has 1 N–H and O–H groups in total. The first-order valence-electron chi connectivity index (χ1n) is 8.34. The largest absolute Gasteiger partial charge is 0.417 e. The predicted molar refractivity (Wildman–Crippen MR) is 105 cm³/mol. The predicted octanol–water partition coefficient (Wildman–Crippen LogP) is 6.83. The van der Waals surface area contributed by atoms with Crippen LogP contribution >= 0.6 is 11.6 Å². The number of alkyl halides is 3. The van der Waals surface area contributed by atoms with Gasteiger partial charge in [0.15, 0.2) is 5.78 Å². The molecule has 0 aliphatic carbocycles. The molecule has 2 nitrogen and oxygen atoms in total. The van der Waals surface area contributed by atoms with Crippen molar-refractivity contribution in [3.05, 3.63) is 101 Å². The van der Waals surface area contributed by atoms with Crippen LogP contribution in [-0.2, 0) is 6.18 Å². The lowest BCUT2D eigenvalue weighted by Gasteiger charge is -2.10. The Labute approximate surface area is 165 Å². The number of hydrogen-bond acceptors (Lipinski definition) is 2. The van der Waals surface area contributed by atoms with Crippen molar-refractivity contribution >= 4 is 23.1 Å². The van der Waals surface area contributed by atoms with Gasteiger partial charge in [0.1, 0.15) is 0 Å². The molecule has 28 heavy (non-hydrogen) atoms. The van der Waals surface area contributed by atoms with Crippen LogP contribution in [0.2, 0.25) is 5.02 Å². The van der Waals surface area contributed by atoms with E-state index >= 15 is 0 Å². The van der Waals surface area contributed by atoms with Crippen LogP contribution < -0.4 is 5.32 Å². The van der Waals surface area contributed by atoms with Crippen LogP contribution in [0.3, 0.4) is 0 Å². The summed E-state index contributed by atoms with van der Waals surface area (Å²) in [5, 5.41) is 2.28. The molecule has 3 aromatic rings. The monoisotopic (exact) mass is 401 g/mol. The number of carbonyl (C=O) groups is 1. The lowest BCUT2D eigenvalue weighted by molar-refractivity contribution is -0.137. The normalized spacial score (nSPS) is 11.6. The van der Waals surface area contributed by atoms with E-state index in [9.17, 15) is 18.0 Å². The first-order chi connectivity index (χ1) is 13.3. The fourth-order valence-corrected chi connectivity index (χ4v) is 2.82. The van der Waals surface area contributed by atoms with Gasteiger partial charge < -0.3 is 5.32 Å². The van der Waals surface area contributed by atoms with Gasteiger partial charge in [0.2, 0.25) is 0 Å². The van der Waals surface area contributed by atoms with Crippen LogP contribution in [0, 0.1) is 0 Å². The summed E-state index contributed by atoms with van der Waals surface area (Å²) in [6.45, 7) is 0. The topological polar surface area (TPSA) is 29.1 Å². The first-order valence-corrected chi connectivity index (χ1v) is 8.72. The maximum Gasteiger partial charge on any atom is 0.417 e. The molecule has 0 saturated carbocycles. The van der Waals surface area contributed by atoms with Crippen LogP contribution in [0.4, 0.5) is 18.9 Å². The lowest BCUT2D eigenvalue weighted by atomic mass is 10.0. The Morgan fingerprint density at radius 3 is 2.18 bits per heavy atom. The number of benzene rings is 3. The van der Waals surface area contributed by atoms with Crippen LogP contribution in [-0.4, -0.2) is 5.78 Å². The van der Waals surface area contributed by atoms with Crippen molar-refractivity contribution in [1.82, 2.24) is 0 Å². The summed E-state index contributed by atoms with van der Waals surface area (Å²) in [6.07, 6.45) is -1.98. The summed E-state index contributed by atoms with van der Waals surface area (Å²) in [6, 6.07) is 20.3. The summed E-state index contributed by atoms with van der Waals surface area (Å²) in [7, 11) is 0. The molecule has 0 spiro atoms. The number of anilines is 1. The SMILES string of the molecule is O=C(C=CNc1ccc(Cl)c(C(F)(F)F)c1)c1ccc(-c2ccccc2)cc1. The second-order valence-corrected chi connectivity index (χ2v) is 6.38. The van der Waals surface area contributed by atoms with Gasteiger partial charge in [0, 0.05) is 23.5 Å². The van der Waals surface area contributed by atoms with Gasteiger partial charge in [-0.15, -0.1) is 0 Å². The Hall–Kier alpha value is -3.05. The van der Waals surface area contributed by atoms with Crippen molar-refractivity contribution in [2.45, 2.75) is 6.18 Å². The third kappa shape index (κ3) is 4.81. The van der Waals surface area contributed by atoms with Gasteiger partial charge in [0.05, 0.1) is 10.6 Å². The van der Waals surface area contributed by atoms with Gasteiger partial charge in [-0.25, -0.2) is 0 Å². The zero-order valence-corrected chi connectivity index (χ0v) is 15.3. The molecule has 0 fully saturated rings. The minimum absolute atomic E-state index is 0.181. The third-order valence-electron chi connectivity index (χ3n) is 4.03. The lowest BCUT2D eigenvalue weighted by Crippen LogP contribution is -2.06. The minimum Gasteiger partial charge on any atom is -0.362 e. The molecule has 0 saturated heterocycles. The van der Waals surface area contributed by atoms with E-state index in [0.29, 0.717) is 5.56 Å². The van der Waals surface area contributed by atoms with Gasteiger partial charge in [0.25, 0.3) is 0 Å². The number of halogens is 4. The highest BCUT2D eigenvalue weighted by molar-refractivity contribution is 6.31. The maximum atomic E-state index is 12.9. The molecule has 3 rings (SSSR count). The number of nitrogens with one attached hydrogen (secondary N) is 1. The standard InChI is InChI=1S/C22H15ClF3NO/c23-20-11-10-18(14-19(20)22(24,25)26)27-13-12-21(28)17-8-6-16(7-9-17)15-4-2-1-3-5-15/h1-14,27H. The maximum absolute atomic E-state index is 12.9. The molecule has 0 bridgehead atoms. The van der Waals surface area contributed by atoms with Crippen LogP contribution in [0.1, 0.15) is 15.9 Å². The average Bonchev–Trinajstić information content (AvgIpc) is 2.69. The summed E-state index contributed by atoms with van der Waals surface area (Å²) >= 11 is 5.58. The van der Waals surface area contributed by atoms with Gasteiger partial charge in [-0.05, 0) is 29.3 Å². The van der Waals surface area contributed by atoms with Gasteiger partial charge >= 0.3 is 6.18 Å². The Bertz CT molecular complexity index is 997. The molecule has 0 atom stereocenters. The molecule has 0 aliphatic heterocycles. The summed E-state index contributed by atoms with van der Waals surface area (Å²) in [4.78, 5) is 12.2. The van der Waals surface area contributed by atoms with E-state index < -0.39 is 11.7 Å². The second-order valence-electron chi connectivity index (χ2n) is 5.98. The summed E-state index contributed by atoms with van der Waals surface area (Å²) in [5.41, 5.74) is 1.75. The molecular weight excluding hydrogens is 387 g/mol. The highest BCUT2D eigenvalue weighted by atomic mass is 35.5. The molecule has 3 aromatic carbocycles. The van der Waals surface area contributed by atoms with Gasteiger partial charge in [-0.2, -0.15) is 13.2 Å². The molecule has 142 valence electrons. The highest BCUT2D eigenvalue weighted by Crippen LogP contribution is 2.36. The molecular formula is C22H15ClF3NO. The summed E-state index contributed by atoms with van der Waals surface area (Å²) in [5.74, 6) is -0.267. The van der Waals surface area contributed by atoms with E-state index in [4.69, 9.17) is 11.6 Å². The van der Waals surface area contributed by atoms with Gasteiger partial charge in [-0.1, -0.05) is 66.2 Å². The van der Waals surface area contributed by atoms with Crippen molar-refractivity contribution in [2.24, 2.45) is 0 Å². The smallest absolute Gasteiger partial charge is 0.362 e. The molecule has 6 heteroatoms. The van der Waals surface area contributed by atoms with E-state index in [1.54, 1.807) is 12.1 Å². The molecule has 0 aromatic heterocycles. The van der Waals surface area contributed by atoms with Gasteiger partial charge in [-0.3, -0.25) is 4.79 Å². The molecule has 0 amide bonds.